The number of halogens is 1. The number of hydrogen-bond acceptors (Lipinski definition) is 2. The molecule has 0 unspecified atom stereocenters. The molecule has 1 aliphatic carbocycles. The summed E-state index contributed by atoms with van der Waals surface area (Å²) in [4.78, 5) is 12.0. The molecule has 1 amide bonds. The molecule has 4 heteroatoms. The normalized spacial score (nSPS) is 16.3. The Bertz CT molecular complexity index is 455. The van der Waals surface area contributed by atoms with Crippen molar-refractivity contribution in [3.05, 3.63) is 28.8 Å². The van der Waals surface area contributed by atoms with Gasteiger partial charge in [0, 0.05) is 6.54 Å². The summed E-state index contributed by atoms with van der Waals surface area (Å²) in [7, 11) is 0. The molecule has 98 valence electrons. The predicted molar refractivity (Wildman–Crippen MR) is 74.8 cm³/mol. The van der Waals surface area contributed by atoms with Crippen LogP contribution in [0.15, 0.2) is 18.2 Å². The monoisotopic (exact) mass is 266 g/mol. The molecule has 0 aromatic heterocycles. The SMILES string of the molecule is CCCC1(CNC(=O)c2cccc(N)c2Cl)CC1. The summed E-state index contributed by atoms with van der Waals surface area (Å²) in [6, 6.07) is 5.14. The summed E-state index contributed by atoms with van der Waals surface area (Å²) >= 11 is 6.03. The Morgan fingerprint density at radius 2 is 2.22 bits per heavy atom. The van der Waals surface area contributed by atoms with Crippen molar-refractivity contribution in [2.45, 2.75) is 32.6 Å². The van der Waals surface area contributed by atoms with Crippen molar-refractivity contribution < 1.29 is 4.79 Å². The number of rotatable bonds is 5. The van der Waals surface area contributed by atoms with Crippen molar-refractivity contribution in [1.82, 2.24) is 5.32 Å². The number of amides is 1. The minimum absolute atomic E-state index is 0.130. The highest BCUT2D eigenvalue weighted by Crippen LogP contribution is 2.48. The van der Waals surface area contributed by atoms with E-state index in [1.54, 1.807) is 18.2 Å². The maximum absolute atomic E-state index is 12.0. The van der Waals surface area contributed by atoms with Gasteiger partial charge in [0.05, 0.1) is 16.3 Å². The minimum atomic E-state index is -0.130. The van der Waals surface area contributed by atoms with Gasteiger partial charge < -0.3 is 11.1 Å². The first-order chi connectivity index (χ1) is 8.58. The zero-order chi connectivity index (χ0) is 13.2. The number of nitrogen functional groups attached to an aromatic ring is 1. The number of hydrogen-bond donors (Lipinski definition) is 2. The van der Waals surface area contributed by atoms with Crippen LogP contribution in [0.3, 0.4) is 0 Å². The molecule has 18 heavy (non-hydrogen) atoms. The van der Waals surface area contributed by atoms with Gasteiger partial charge >= 0.3 is 0 Å². The van der Waals surface area contributed by atoms with Gasteiger partial charge in [-0.15, -0.1) is 0 Å². The molecule has 1 fully saturated rings. The van der Waals surface area contributed by atoms with E-state index in [9.17, 15) is 4.79 Å². The van der Waals surface area contributed by atoms with Crippen LogP contribution >= 0.6 is 11.6 Å². The fourth-order valence-electron chi connectivity index (χ4n) is 2.31. The fourth-order valence-corrected chi connectivity index (χ4v) is 2.52. The first-order valence-corrected chi connectivity index (χ1v) is 6.78. The zero-order valence-electron chi connectivity index (χ0n) is 10.6. The molecule has 0 spiro atoms. The lowest BCUT2D eigenvalue weighted by atomic mass is 10.0. The van der Waals surface area contributed by atoms with E-state index in [0.717, 1.165) is 13.0 Å². The average molecular weight is 267 g/mol. The molecule has 3 nitrogen and oxygen atoms in total. The Hall–Kier alpha value is -1.22. The third-order valence-corrected chi connectivity index (χ3v) is 4.06. The summed E-state index contributed by atoms with van der Waals surface area (Å²) in [5.74, 6) is -0.130. The van der Waals surface area contributed by atoms with Crippen molar-refractivity contribution in [3.8, 4) is 0 Å². The summed E-state index contributed by atoms with van der Waals surface area (Å²) in [5.41, 5.74) is 6.94. The molecule has 1 aliphatic rings. The van der Waals surface area contributed by atoms with Gasteiger partial charge in [0.2, 0.25) is 0 Å². The number of nitrogens with two attached hydrogens (primary N) is 1. The quantitative estimate of drug-likeness (QED) is 0.804. The molecule has 0 atom stereocenters. The van der Waals surface area contributed by atoms with E-state index in [0.29, 0.717) is 21.7 Å². The van der Waals surface area contributed by atoms with E-state index in [1.807, 2.05) is 0 Å². The molecule has 2 rings (SSSR count). The summed E-state index contributed by atoms with van der Waals surface area (Å²) in [5, 5.41) is 3.32. The first-order valence-electron chi connectivity index (χ1n) is 6.40. The van der Waals surface area contributed by atoms with Crippen LogP contribution in [-0.2, 0) is 0 Å². The Labute approximate surface area is 113 Å². The zero-order valence-corrected chi connectivity index (χ0v) is 11.4. The molecule has 0 aliphatic heterocycles. The predicted octanol–water partition coefficient (Wildman–Crippen LogP) is 3.23. The van der Waals surface area contributed by atoms with Crippen molar-refractivity contribution >= 4 is 23.2 Å². The smallest absolute Gasteiger partial charge is 0.252 e. The number of carbonyl (C=O) groups excluding carboxylic acids is 1. The molecule has 1 aromatic carbocycles. The second kappa shape index (κ2) is 5.19. The van der Waals surface area contributed by atoms with Gasteiger partial charge in [-0.3, -0.25) is 4.79 Å². The van der Waals surface area contributed by atoms with Gasteiger partial charge in [0.15, 0.2) is 0 Å². The Balaban J connectivity index is 1.98. The van der Waals surface area contributed by atoms with Crippen LogP contribution in [0.5, 0.6) is 0 Å². The van der Waals surface area contributed by atoms with E-state index in [-0.39, 0.29) is 5.91 Å². The molecule has 0 saturated heterocycles. The highest BCUT2D eigenvalue weighted by Gasteiger charge is 2.41. The molecule has 1 aromatic rings. The number of anilines is 1. The van der Waals surface area contributed by atoms with Gasteiger partial charge in [-0.25, -0.2) is 0 Å². The van der Waals surface area contributed by atoms with Gasteiger partial charge in [-0.1, -0.05) is 31.0 Å². The maximum atomic E-state index is 12.0. The van der Waals surface area contributed by atoms with Crippen LogP contribution < -0.4 is 11.1 Å². The van der Waals surface area contributed by atoms with E-state index in [1.165, 1.54) is 19.3 Å². The largest absolute Gasteiger partial charge is 0.398 e. The van der Waals surface area contributed by atoms with E-state index in [4.69, 9.17) is 17.3 Å². The van der Waals surface area contributed by atoms with Crippen molar-refractivity contribution in [3.63, 3.8) is 0 Å². The molecule has 0 radical (unpaired) electrons. The first kappa shape index (κ1) is 13.2. The fraction of sp³-hybridized carbons (Fsp3) is 0.500. The van der Waals surface area contributed by atoms with Gasteiger partial charge in [-0.2, -0.15) is 0 Å². The third-order valence-electron chi connectivity index (χ3n) is 3.63. The lowest BCUT2D eigenvalue weighted by Crippen LogP contribution is -2.30. The molecule has 0 bridgehead atoms. The second-order valence-corrected chi connectivity index (χ2v) is 5.52. The Morgan fingerprint density at radius 3 is 2.83 bits per heavy atom. The van der Waals surface area contributed by atoms with Crippen molar-refractivity contribution in [2.24, 2.45) is 5.41 Å². The number of benzene rings is 1. The van der Waals surface area contributed by atoms with Crippen LogP contribution in [0.4, 0.5) is 5.69 Å². The third kappa shape index (κ3) is 2.78. The number of carbonyl (C=O) groups is 1. The molecule has 3 N–H and O–H groups in total. The summed E-state index contributed by atoms with van der Waals surface area (Å²) in [6.07, 6.45) is 4.77. The van der Waals surface area contributed by atoms with Crippen LogP contribution in [0.2, 0.25) is 5.02 Å². The maximum Gasteiger partial charge on any atom is 0.252 e. The van der Waals surface area contributed by atoms with Crippen LogP contribution in [0, 0.1) is 5.41 Å². The van der Waals surface area contributed by atoms with Gasteiger partial charge in [-0.05, 0) is 36.8 Å². The highest BCUT2D eigenvalue weighted by molar-refractivity contribution is 6.36. The molecular weight excluding hydrogens is 248 g/mol. The molecular formula is C14H19ClN2O. The topological polar surface area (TPSA) is 55.1 Å². The summed E-state index contributed by atoms with van der Waals surface area (Å²) in [6.45, 7) is 2.92. The van der Waals surface area contributed by atoms with Crippen molar-refractivity contribution in [2.75, 3.05) is 12.3 Å². The van der Waals surface area contributed by atoms with Gasteiger partial charge in [0.25, 0.3) is 5.91 Å². The minimum Gasteiger partial charge on any atom is -0.398 e. The Kier molecular flexibility index (Phi) is 3.81. The standard InChI is InChI=1S/C14H19ClN2O/c1-2-6-14(7-8-14)9-17-13(18)10-4-3-5-11(16)12(10)15/h3-5H,2,6-9,16H2,1H3,(H,17,18). The van der Waals surface area contributed by atoms with Crippen LogP contribution in [0.25, 0.3) is 0 Å². The molecule has 0 heterocycles. The number of nitrogens with one attached hydrogen (secondary N) is 1. The van der Waals surface area contributed by atoms with Crippen molar-refractivity contribution in [1.29, 1.82) is 0 Å². The van der Waals surface area contributed by atoms with Gasteiger partial charge in [0.1, 0.15) is 0 Å². The van der Waals surface area contributed by atoms with E-state index in [2.05, 4.69) is 12.2 Å². The lowest BCUT2D eigenvalue weighted by molar-refractivity contribution is 0.0944. The molecule has 1 saturated carbocycles. The highest BCUT2D eigenvalue weighted by atomic mass is 35.5. The average Bonchev–Trinajstić information content (AvgIpc) is 3.11. The summed E-state index contributed by atoms with van der Waals surface area (Å²) < 4.78 is 0. The Morgan fingerprint density at radius 1 is 1.50 bits per heavy atom. The van der Waals surface area contributed by atoms with Crippen LogP contribution in [0.1, 0.15) is 43.0 Å². The second-order valence-electron chi connectivity index (χ2n) is 5.14. The van der Waals surface area contributed by atoms with E-state index >= 15 is 0 Å². The van der Waals surface area contributed by atoms with E-state index < -0.39 is 0 Å². The lowest BCUT2D eigenvalue weighted by Gasteiger charge is -2.15. The van der Waals surface area contributed by atoms with Crippen LogP contribution in [-0.4, -0.2) is 12.5 Å².